The first-order valence-corrected chi connectivity index (χ1v) is 9.55. The molecule has 0 fully saturated rings. The summed E-state index contributed by atoms with van der Waals surface area (Å²) in [5, 5.41) is 11.7. The molecule has 3 N–H and O–H groups in total. The van der Waals surface area contributed by atoms with Crippen molar-refractivity contribution in [2.24, 2.45) is 11.3 Å². The molecular formula is C17H26N2O5S. The Balaban J connectivity index is 2.67. The molecule has 7 nitrogen and oxygen atoms in total. The Kier molecular flexibility index (Phi) is 7.13. The molecule has 0 aliphatic carbocycles. The molecule has 0 aliphatic heterocycles. The van der Waals surface area contributed by atoms with E-state index in [9.17, 15) is 18.0 Å². The summed E-state index contributed by atoms with van der Waals surface area (Å²) in [5.41, 5.74) is -0.608. The summed E-state index contributed by atoms with van der Waals surface area (Å²) < 4.78 is 26.7. The summed E-state index contributed by atoms with van der Waals surface area (Å²) in [5.74, 6) is -1.11. The number of hydrogen-bond acceptors (Lipinski definition) is 4. The summed E-state index contributed by atoms with van der Waals surface area (Å²) in [4.78, 5) is 23.2. The molecule has 0 saturated heterocycles. The molecule has 1 aromatic rings. The predicted molar refractivity (Wildman–Crippen MR) is 94.8 cm³/mol. The first-order valence-electron chi connectivity index (χ1n) is 8.07. The summed E-state index contributed by atoms with van der Waals surface area (Å²) in [6, 6.07) is 5.61. The molecule has 0 unspecified atom stereocenters. The van der Waals surface area contributed by atoms with Crippen molar-refractivity contribution in [3.63, 3.8) is 0 Å². The van der Waals surface area contributed by atoms with E-state index in [1.165, 1.54) is 24.3 Å². The van der Waals surface area contributed by atoms with E-state index in [2.05, 4.69) is 10.0 Å². The third-order valence-electron chi connectivity index (χ3n) is 3.72. The third-order valence-corrected chi connectivity index (χ3v) is 5.16. The van der Waals surface area contributed by atoms with Crippen molar-refractivity contribution in [3.8, 4) is 0 Å². The number of carbonyl (C=O) groups excluding carboxylic acids is 1. The van der Waals surface area contributed by atoms with Crippen LogP contribution in [0.2, 0.25) is 0 Å². The lowest BCUT2D eigenvalue weighted by Gasteiger charge is -2.18. The lowest BCUT2D eigenvalue weighted by Crippen LogP contribution is -2.32. The fourth-order valence-electron chi connectivity index (χ4n) is 1.84. The zero-order valence-corrected chi connectivity index (χ0v) is 15.8. The van der Waals surface area contributed by atoms with Gasteiger partial charge in [-0.25, -0.2) is 13.1 Å². The maximum absolute atomic E-state index is 12.1. The number of sulfonamides is 1. The molecule has 0 atom stereocenters. The summed E-state index contributed by atoms with van der Waals surface area (Å²) >= 11 is 0. The Labute approximate surface area is 148 Å². The van der Waals surface area contributed by atoms with Crippen LogP contribution in [0.25, 0.3) is 0 Å². The topological polar surface area (TPSA) is 113 Å². The smallest absolute Gasteiger partial charge is 0.309 e. The number of aliphatic carboxylic acids is 1. The van der Waals surface area contributed by atoms with Crippen LogP contribution in [-0.4, -0.2) is 38.5 Å². The van der Waals surface area contributed by atoms with Crippen LogP contribution in [0.1, 0.15) is 44.5 Å². The minimum atomic E-state index is -3.59. The number of rotatable bonds is 9. The minimum absolute atomic E-state index is 0.0942. The van der Waals surface area contributed by atoms with E-state index in [0.29, 0.717) is 18.5 Å². The number of hydrogen-bond donors (Lipinski definition) is 3. The molecule has 1 amide bonds. The lowest BCUT2D eigenvalue weighted by atomic mass is 9.90. The number of nitrogens with one attached hydrogen (secondary N) is 2. The fourth-order valence-corrected chi connectivity index (χ4v) is 3.06. The number of amides is 1. The molecule has 0 aliphatic rings. The predicted octanol–water partition coefficient (Wildman–Crippen LogP) is 1.85. The van der Waals surface area contributed by atoms with Crippen LogP contribution in [0.3, 0.4) is 0 Å². The van der Waals surface area contributed by atoms with Crippen LogP contribution in [0, 0.1) is 11.3 Å². The SMILES string of the molecule is CC(C)CNS(=O)(=O)c1ccc(C(=O)NCCC(C)(C)C(=O)O)cc1. The van der Waals surface area contributed by atoms with E-state index in [0.717, 1.165) is 0 Å². The Morgan fingerprint density at radius 1 is 1.16 bits per heavy atom. The second-order valence-electron chi connectivity index (χ2n) is 6.97. The summed E-state index contributed by atoms with van der Waals surface area (Å²) in [7, 11) is -3.59. The van der Waals surface area contributed by atoms with Gasteiger partial charge in [0.05, 0.1) is 10.3 Å². The summed E-state index contributed by atoms with van der Waals surface area (Å²) in [6.07, 6.45) is 0.291. The Bertz CT molecular complexity index is 709. The Morgan fingerprint density at radius 3 is 2.20 bits per heavy atom. The monoisotopic (exact) mass is 370 g/mol. The number of carboxylic acids is 1. The second kappa shape index (κ2) is 8.44. The van der Waals surface area contributed by atoms with Crippen LogP contribution in [0.5, 0.6) is 0 Å². The lowest BCUT2D eigenvalue weighted by molar-refractivity contribution is -0.147. The Hall–Kier alpha value is -1.93. The van der Waals surface area contributed by atoms with Gasteiger partial charge in [0.1, 0.15) is 0 Å². The van der Waals surface area contributed by atoms with Crippen molar-refractivity contribution in [2.75, 3.05) is 13.1 Å². The van der Waals surface area contributed by atoms with E-state index in [1.807, 2.05) is 13.8 Å². The second-order valence-corrected chi connectivity index (χ2v) is 8.73. The van der Waals surface area contributed by atoms with Crippen molar-refractivity contribution in [2.45, 2.75) is 39.0 Å². The molecule has 0 spiro atoms. The average Bonchev–Trinajstić information content (AvgIpc) is 2.52. The van der Waals surface area contributed by atoms with Crippen molar-refractivity contribution >= 4 is 21.9 Å². The van der Waals surface area contributed by atoms with Crippen molar-refractivity contribution in [3.05, 3.63) is 29.8 Å². The van der Waals surface area contributed by atoms with Gasteiger partial charge in [0, 0.05) is 18.7 Å². The maximum atomic E-state index is 12.1. The van der Waals surface area contributed by atoms with Crippen LogP contribution in [0.15, 0.2) is 29.2 Å². The Morgan fingerprint density at radius 2 is 1.72 bits per heavy atom. The van der Waals surface area contributed by atoms with Gasteiger partial charge in [-0.05, 0) is 50.5 Å². The first kappa shape index (κ1) is 21.1. The van der Waals surface area contributed by atoms with E-state index in [-0.39, 0.29) is 23.3 Å². The van der Waals surface area contributed by atoms with Gasteiger partial charge in [-0.2, -0.15) is 0 Å². The van der Waals surface area contributed by atoms with Gasteiger partial charge in [0.15, 0.2) is 0 Å². The first-order chi connectivity index (χ1) is 11.5. The van der Waals surface area contributed by atoms with Crippen LogP contribution in [-0.2, 0) is 14.8 Å². The maximum Gasteiger partial charge on any atom is 0.309 e. The van der Waals surface area contributed by atoms with Gasteiger partial charge in [-0.3, -0.25) is 9.59 Å². The molecular weight excluding hydrogens is 344 g/mol. The van der Waals surface area contributed by atoms with Crippen molar-refractivity contribution in [1.29, 1.82) is 0 Å². The number of benzene rings is 1. The standard InChI is InChI=1S/C17H26N2O5S/c1-12(2)11-19-25(23,24)14-7-5-13(6-8-14)15(20)18-10-9-17(3,4)16(21)22/h5-8,12,19H,9-11H2,1-4H3,(H,18,20)(H,21,22). The minimum Gasteiger partial charge on any atom is -0.481 e. The third kappa shape index (κ3) is 6.47. The van der Waals surface area contributed by atoms with Gasteiger partial charge in [-0.1, -0.05) is 13.8 Å². The normalized spacial score (nSPS) is 12.2. The molecule has 25 heavy (non-hydrogen) atoms. The van der Waals surface area contributed by atoms with Gasteiger partial charge >= 0.3 is 5.97 Å². The molecule has 0 radical (unpaired) electrons. The van der Waals surface area contributed by atoms with Gasteiger partial charge < -0.3 is 10.4 Å². The van der Waals surface area contributed by atoms with Crippen LogP contribution < -0.4 is 10.0 Å². The molecule has 8 heteroatoms. The van der Waals surface area contributed by atoms with Crippen molar-refractivity contribution < 1.29 is 23.1 Å². The van der Waals surface area contributed by atoms with E-state index >= 15 is 0 Å². The summed E-state index contributed by atoms with van der Waals surface area (Å²) in [6.45, 7) is 7.54. The molecule has 0 saturated carbocycles. The van der Waals surface area contributed by atoms with Gasteiger partial charge in [0.25, 0.3) is 5.91 Å². The zero-order chi connectivity index (χ0) is 19.3. The highest BCUT2D eigenvalue weighted by Gasteiger charge is 2.26. The molecule has 0 aromatic heterocycles. The van der Waals surface area contributed by atoms with E-state index < -0.39 is 21.4 Å². The number of carbonyl (C=O) groups is 2. The van der Waals surface area contributed by atoms with E-state index in [1.54, 1.807) is 13.8 Å². The van der Waals surface area contributed by atoms with Crippen LogP contribution >= 0.6 is 0 Å². The zero-order valence-electron chi connectivity index (χ0n) is 15.0. The van der Waals surface area contributed by atoms with Crippen molar-refractivity contribution in [1.82, 2.24) is 10.0 Å². The van der Waals surface area contributed by atoms with Gasteiger partial charge in [0.2, 0.25) is 10.0 Å². The molecule has 1 rings (SSSR count). The average molecular weight is 370 g/mol. The fraction of sp³-hybridized carbons (Fsp3) is 0.529. The molecule has 1 aromatic carbocycles. The van der Waals surface area contributed by atoms with Gasteiger partial charge in [-0.15, -0.1) is 0 Å². The van der Waals surface area contributed by atoms with Crippen LogP contribution in [0.4, 0.5) is 0 Å². The molecule has 140 valence electrons. The quantitative estimate of drug-likeness (QED) is 0.614. The highest BCUT2D eigenvalue weighted by Crippen LogP contribution is 2.19. The number of carboxylic acid groups (broad SMARTS) is 1. The largest absolute Gasteiger partial charge is 0.481 e. The molecule has 0 bridgehead atoms. The highest BCUT2D eigenvalue weighted by molar-refractivity contribution is 7.89. The highest BCUT2D eigenvalue weighted by atomic mass is 32.2. The van der Waals surface area contributed by atoms with E-state index in [4.69, 9.17) is 5.11 Å². The molecule has 0 heterocycles.